The van der Waals surface area contributed by atoms with E-state index < -0.39 is 0 Å². The lowest BCUT2D eigenvalue weighted by Crippen LogP contribution is -2.11. The number of carbonyl (C=O) groups is 1. The van der Waals surface area contributed by atoms with Crippen LogP contribution in [0, 0.1) is 0 Å². The van der Waals surface area contributed by atoms with Crippen LogP contribution in [-0.4, -0.2) is 12.4 Å². The van der Waals surface area contributed by atoms with E-state index in [9.17, 15) is 4.79 Å². The zero-order valence-electron chi connectivity index (χ0n) is 15.8. The first-order valence-electron chi connectivity index (χ1n) is 9.42. The first-order valence-corrected chi connectivity index (χ1v) is 9.42. The van der Waals surface area contributed by atoms with Crippen molar-refractivity contribution in [3.63, 3.8) is 0 Å². The van der Waals surface area contributed by atoms with Gasteiger partial charge in [-0.05, 0) is 47.5 Å². The molecule has 0 aliphatic heterocycles. The molecule has 0 aromatic heterocycles. The van der Waals surface area contributed by atoms with Crippen molar-refractivity contribution in [2.75, 3.05) is 6.61 Å². The summed E-state index contributed by atoms with van der Waals surface area (Å²) in [6.45, 7) is -0.0103. The summed E-state index contributed by atoms with van der Waals surface area (Å²) in [6.07, 6.45) is 0. The van der Waals surface area contributed by atoms with Crippen LogP contribution in [0.4, 0.5) is 0 Å². The van der Waals surface area contributed by atoms with Crippen LogP contribution in [0.1, 0.15) is 10.4 Å². The summed E-state index contributed by atoms with van der Waals surface area (Å²) in [7, 11) is 0. The van der Waals surface area contributed by atoms with E-state index >= 15 is 0 Å². The predicted octanol–water partition coefficient (Wildman–Crippen LogP) is 6.41. The van der Waals surface area contributed by atoms with Gasteiger partial charge in [0.05, 0.1) is 0 Å². The van der Waals surface area contributed by atoms with Crippen LogP contribution < -0.4 is 9.47 Å². The number of hydrogen-bond acceptors (Lipinski definition) is 3. The lowest BCUT2D eigenvalue weighted by Gasteiger charge is -2.08. The molecule has 4 aromatic rings. The third-order valence-corrected chi connectivity index (χ3v) is 4.49. The first kappa shape index (κ1) is 18.5. The van der Waals surface area contributed by atoms with Gasteiger partial charge in [-0.15, -0.1) is 0 Å². The van der Waals surface area contributed by atoms with Crippen molar-refractivity contribution >= 4 is 5.78 Å². The lowest BCUT2D eigenvalue weighted by molar-refractivity contribution is 0.0921. The summed E-state index contributed by atoms with van der Waals surface area (Å²) in [4.78, 5) is 12.4. The highest BCUT2D eigenvalue weighted by Crippen LogP contribution is 2.24. The molecule has 0 aliphatic rings. The molecule has 3 nitrogen and oxygen atoms in total. The molecular weight excluding hydrogens is 360 g/mol. The van der Waals surface area contributed by atoms with Crippen molar-refractivity contribution in [1.82, 2.24) is 0 Å². The normalized spacial score (nSPS) is 10.3. The van der Waals surface area contributed by atoms with Crippen LogP contribution in [0.5, 0.6) is 17.2 Å². The van der Waals surface area contributed by atoms with Crippen LogP contribution in [0.15, 0.2) is 109 Å². The molecular formula is C26H20O3. The minimum Gasteiger partial charge on any atom is -0.485 e. The summed E-state index contributed by atoms with van der Waals surface area (Å²) < 4.78 is 11.4. The smallest absolute Gasteiger partial charge is 0.200 e. The standard InChI is InChI=1S/C26H20O3/c27-26(22-13-11-21(12-14-22)20-7-3-1-4-8-20)19-28-23-15-17-25(18-16-23)29-24-9-5-2-6-10-24/h1-18H,19H2. The number of Topliss-reactive ketones (excluding diaryl/α,β-unsaturated/α-hetero) is 1. The summed E-state index contributed by atoms with van der Waals surface area (Å²) in [5, 5.41) is 0. The number of ether oxygens (including phenoxy) is 2. The molecule has 29 heavy (non-hydrogen) atoms. The van der Waals surface area contributed by atoms with Crippen LogP contribution in [-0.2, 0) is 0 Å². The summed E-state index contributed by atoms with van der Waals surface area (Å²) >= 11 is 0. The molecule has 0 fully saturated rings. The van der Waals surface area contributed by atoms with Gasteiger partial charge in [-0.2, -0.15) is 0 Å². The van der Waals surface area contributed by atoms with Crippen LogP contribution in [0.2, 0.25) is 0 Å². The molecule has 4 rings (SSSR count). The summed E-state index contributed by atoms with van der Waals surface area (Å²) in [5.74, 6) is 2.05. The molecule has 0 heterocycles. The molecule has 0 spiro atoms. The van der Waals surface area contributed by atoms with E-state index in [1.165, 1.54) is 0 Å². The van der Waals surface area contributed by atoms with E-state index in [4.69, 9.17) is 9.47 Å². The van der Waals surface area contributed by atoms with Gasteiger partial charge in [0.2, 0.25) is 0 Å². The molecule has 4 aromatic carbocycles. The first-order chi connectivity index (χ1) is 14.3. The number of carbonyl (C=O) groups excluding carboxylic acids is 1. The maximum absolute atomic E-state index is 12.4. The molecule has 0 N–H and O–H groups in total. The Kier molecular flexibility index (Phi) is 5.68. The molecule has 0 radical (unpaired) electrons. The van der Waals surface area contributed by atoms with E-state index in [1.807, 2.05) is 97.1 Å². The molecule has 0 saturated carbocycles. The maximum Gasteiger partial charge on any atom is 0.200 e. The SMILES string of the molecule is O=C(COc1ccc(Oc2ccccc2)cc1)c1ccc(-c2ccccc2)cc1. The van der Waals surface area contributed by atoms with Gasteiger partial charge in [0.25, 0.3) is 0 Å². The van der Waals surface area contributed by atoms with Crippen molar-refractivity contribution in [1.29, 1.82) is 0 Å². The fourth-order valence-corrected chi connectivity index (χ4v) is 2.94. The Bertz CT molecular complexity index is 1050. The maximum atomic E-state index is 12.4. The number of hydrogen-bond donors (Lipinski definition) is 0. The van der Waals surface area contributed by atoms with E-state index in [-0.39, 0.29) is 12.4 Å². The van der Waals surface area contributed by atoms with Gasteiger partial charge in [-0.3, -0.25) is 4.79 Å². The Hall–Kier alpha value is -3.85. The molecule has 0 amide bonds. The molecule has 0 unspecified atom stereocenters. The predicted molar refractivity (Wildman–Crippen MR) is 115 cm³/mol. The second-order valence-electron chi connectivity index (χ2n) is 6.54. The summed E-state index contributed by atoms with van der Waals surface area (Å²) in [6, 6.07) is 34.5. The number of para-hydroxylation sites is 1. The average molecular weight is 380 g/mol. The molecule has 3 heteroatoms. The van der Waals surface area contributed by atoms with Gasteiger partial charge >= 0.3 is 0 Å². The fourth-order valence-electron chi connectivity index (χ4n) is 2.94. The number of rotatable bonds is 7. The van der Waals surface area contributed by atoms with Crippen molar-refractivity contribution in [2.45, 2.75) is 0 Å². The van der Waals surface area contributed by atoms with E-state index in [1.54, 1.807) is 12.1 Å². The van der Waals surface area contributed by atoms with E-state index in [2.05, 4.69) is 0 Å². The molecule has 0 bridgehead atoms. The topological polar surface area (TPSA) is 35.5 Å². The highest BCUT2D eigenvalue weighted by molar-refractivity contribution is 5.97. The zero-order chi connectivity index (χ0) is 19.9. The Balaban J connectivity index is 1.33. The quantitative estimate of drug-likeness (QED) is 0.348. The second kappa shape index (κ2) is 8.89. The number of benzene rings is 4. The largest absolute Gasteiger partial charge is 0.485 e. The van der Waals surface area contributed by atoms with Crippen molar-refractivity contribution < 1.29 is 14.3 Å². The van der Waals surface area contributed by atoms with Gasteiger partial charge < -0.3 is 9.47 Å². The van der Waals surface area contributed by atoms with Crippen molar-refractivity contribution in [2.24, 2.45) is 0 Å². The van der Waals surface area contributed by atoms with E-state index in [0.29, 0.717) is 17.1 Å². The highest BCUT2D eigenvalue weighted by atomic mass is 16.5. The zero-order valence-corrected chi connectivity index (χ0v) is 15.8. The van der Waals surface area contributed by atoms with Gasteiger partial charge in [-0.25, -0.2) is 0 Å². The Morgan fingerprint density at radius 3 is 1.72 bits per heavy atom. The monoisotopic (exact) mass is 380 g/mol. The average Bonchev–Trinajstić information content (AvgIpc) is 2.80. The van der Waals surface area contributed by atoms with Gasteiger partial charge in [0, 0.05) is 5.56 Å². The van der Waals surface area contributed by atoms with Crippen molar-refractivity contribution in [3.05, 3.63) is 115 Å². The van der Waals surface area contributed by atoms with Crippen LogP contribution in [0.25, 0.3) is 11.1 Å². The lowest BCUT2D eigenvalue weighted by atomic mass is 10.0. The molecule has 0 aliphatic carbocycles. The third kappa shape index (κ3) is 4.90. The third-order valence-electron chi connectivity index (χ3n) is 4.49. The van der Waals surface area contributed by atoms with Gasteiger partial charge in [0.15, 0.2) is 12.4 Å². The second-order valence-corrected chi connectivity index (χ2v) is 6.54. The minimum absolute atomic E-state index is 0.0103. The van der Waals surface area contributed by atoms with Crippen molar-refractivity contribution in [3.8, 4) is 28.4 Å². The molecule has 0 saturated heterocycles. The Morgan fingerprint density at radius 2 is 1.07 bits per heavy atom. The van der Waals surface area contributed by atoms with Crippen LogP contribution >= 0.6 is 0 Å². The van der Waals surface area contributed by atoms with Gasteiger partial charge in [-0.1, -0.05) is 72.8 Å². The highest BCUT2D eigenvalue weighted by Gasteiger charge is 2.08. The summed E-state index contributed by atoms with van der Waals surface area (Å²) in [5.41, 5.74) is 2.84. The molecule has 142 valence electrons. The fraction of sp³-hybridized carbons (Fsp3) is 0.0385. The van der Waals surface area contributed by atoms with E-state index in [0.717, 1.165) is 16.9 Å². The molecule has 0 atom stereocenters. The van der Waals surface area contributed by atoms with Crippen LogP contribution in [0.3, 0.4) is 0 Å². The minimum atomic E-state index is -0.0609. The Morgan fingerprint density at radius 1 is 0.552 bits per heavy atom. The Labute approximate surface area is 170 Å². The van der Waals surface area contributed by atoms with Gasteiger partial charge in [0.1, 0.15) is 17.2 Å². The number of ketones is 1.